The fourth-order valence-electron chi connectivity index (χ4n) is 2.67. The van der Waals surface area contributed by atoms with Crippen molar-refractivity contribution in [1.82, 2.24) is 20.2 Å². The smallest absolute Gasteiger partial charge is 0.253 e. The molecule has 7 heteroatoms. The van der Waals surface area contributed by atoms with Crippen molar-refractivity contribution in [3.05, 3.63) is 53.6 Å². The van der Waals surface area contributed by atoms with Crippen LogP contribution in [-0.2, 0) is 0 Å². The highest BCUT2D eigenvalue weighted by Crippen LogP contribution is 2.25. The monoisotopic (exact) mass is 394 g/mol. The van der Waals surface area contributed by atoms with Gasteiger partial charge in [-0.1, -0.05) is 30.3 Å². The summed E-state index contributed by atoms with van der Waals surface area (Å²) in [7, 11) is 3.96. The lowest BCUT2D eigenvalue weighted by Crippen LogP contribution is -2.31. The molecule has 1 amide bonds. The molecule has 5 nitrogen and oxygen atoms in total. The number of aryl methyl sites for hydroxylation is 1. The highest BCUT2D eigenvalue weighted by atomic mass is 35.5. The van der Waals surface area contributed by atoms with Gasteiger partial charge in [0.05, 0.1) is 11.1 Å². The first kappa shape index (κ1) is 22.0. The second-order valence-electron chi connectivity index (χ2n) is 6.16. The predicted octanol–water partition coefficient (Wildman–Crippen LogP) is 3.67. The Morgan fingerprint density at radius 3 is 2.54 bits per heavy atom. The van der Waals surface area contributed by atoms with Gasteiger partial charge in [-0.2, -0.15) is 0 Å². The topological polar surface area (TPSA) is 61.0 Å². The number of H-pyrrole nitrogens is 1. The molecule has 3 aromatic rings. The van der Waals surface area contributed by atoms with E-state index in [0.717, 1.165) is 29.0 Å². The number of hydrogen-bond donors (Lipinski definition) is 2. The summed E-state index contributed by atoms with van der Waals surface area (Å²) in [4.78, 5) is 22.5. The number of imidazole rings is 1. The molecule has 0 unspecified atom stereocenters. The van der Waals surface area contributed by atoms with Crippen LogP contribution in [0.4, 0.5) is 0 Å². The zero-order valence-corrected chi connectivity index (χ0v) is 16.7. The van der Waals surface area contributed by atoms with Gasteiger partial charge in [-0.25, -0.2) is 4.98 Å². The maximum atomic E-state index is 12.5. The highest BCUT2D eigenvalue weighted by molar-refractivity contribution is 6.05. The summed E-state index contributed by atoms with van der Waals surface area (Å²) in [6.45, 7) is 3.46. The Morgan fingerprint density at radius 2 is 1.85 bits per heavy atom. The molecule has 0 saturated heterocycles. The van der Waals surface area contributed by atoms with Gasteiger partial charge in [0.25, 0.3) is 5.91 Å². The first-order valence-electron chi connectivity index (χ1n) is 8.04. The number of halogens is 2. The Hall–Kier alpha value is -2.08. The third-order valence-electron chi connectivity index (χ3n) is 4.00. The van der Waals surface area contributed by atoms with Crippen LogP contribution in [0.1, 0.15) is 15.9 Å². The number of rotatable bonds is 5. The van der Waals surface area contributed by atoms with Gasteiger partial charge in [-0.05, 0) is 38.7 Å². The zero-order chi connectivity index (χ0) is 17.1. The van der Waals surface area contributed by atoms with Crippen molar-refractivity contribution in [2.45, 2.75) is 6.92 Å². The number of carbonyl (C=O) groups is 1. The molecule has 26 heavy (non-hydrogen) atoms. The molecular formula is C19H24Cl2N4O. The fourth-order valence-corrected chi connectivity index (χ4v) is 2.67. The molecule has 0 atom stereocenters. The molecule has 0 radical (unpaired) electrons. The number of para-hydroxylation sites is 1. The first-order valence-corrected chi connectivity index (χ1v) is 8.04. The quantitative estimate of drug-likeness (QED) is 0.693. The normalized spacial score (nSPS) is 10.3. The van der Waals surface area contributed by atoms with Crippen LogP contribution in [0, 0.1) is 6.92 Å². The number of aromatic nitrogens is 2. The van der Waals surface area contributed by atoms with Gasteiger partial charge < -0.3 is 15.2 Å². The number of likely N-dealkylation sites (N-methyl/N-ethyl adjacent to an activating group) is 1. The van der Waals surface area contributed by atoms with E-state index in [4.69, 9.17) is 0 Å². The summed E-state index contributed by atoms with van der Waals surface area (Å²) in [6.07, 6.45) is 0. The molecule has 0 spiro atoms. The number of hydrogen-bond acceptors (Lipinski definition) is 3. The number of nitrogens with zero attached hydrogens (tertiary/aromatic N) is 2. The van der Waals surface area contributed by atoms with Crippen LogP contribution in [0.3, 0.4) is 0 Å². The molecule has 0 bridgehead atoms. The lowest BCUT2D eigenvalue weighted by Gasteiger charge is -2.10. The van der Waals surface area contributed by atoms with Crippen LogP contribution < -0.4 is 5.32 Å². The van der Waals surface area contributed by atoms with E-state index in [0.29, 0.717) is 17.6 Å². The molecule has 0 saturated carbocycles. The second kappa shape index (κ2) is 9.57. The van der Waals surface area contributed by atoms with Gasteiger partial charge in [0.2, 0.25) is 0 Å². The van der Waals surface area contributed by atoms with Crippen molar-refractivity contribution >= 4 is 41.8 Å². The lowest BCUT2D eigenvalue weighted by atomic mass is 10.1. The third kappa shape index (κ3) is 4.75. The number of amides is 1. The molecule has 2 N–H and O–H groups in total. The first-order chi connectivity index (χ1) is 11.6. The predicted molar refractivity (Wildman–Crippen MR) is 112 cm³/mol. The van der Waals surface area contributed by atoms with Crippen LogP contribution in [0.5, 0.6) is 0 Å². The number of benzene rings is 2. The Morgan fingerprint density at radius 1 is 1.12 bits per heavy atom. The Labute approximate surface area is 166 Å². The number of carbonyl (C=O) groups excluding carboxylic acids is 1. The van der Waals surface area contributed by atoms with Crippen molar-refractivity contribution in [3.63, 3.8) is 0 Å². The number of fused-ring (bicyclic) bond motifs is 1. The second-order valence-corrected chi connectivity index (χ2v) is 6.16. The summed E-state index contributed by atoms with van der Waals surface area (Å²) in [5.41, 5.74) is 4.37. The molecule has 140 valence electrons. The van der Waals surface area contributed by atoms with E-state index in [9.17, 15) is 4.79 Å². The summed E-state index contributed by atoms with van der Waals surface area (Å²) in [6, 6.07) is 13.7. The van der Waals surface area contributed by atoms with Gasteiger partial charge in [-0.15, -0.1) is 24.8 Å². The molecule has 2 aromatic carbocycles. The largest absolute Gasteiger partial charge is 0.351 e. The van der Waals surface area contributed by atoms with Crippen LogP contribution in [0.15, 0.2) is 42.5 Å². The Bertz CT molecular complexity index is 877. The summed E-state index contributed by atoms with van der Waals surface area (Å²) in [5.74, 6) is 0.696. The number of nitrogens with one attached hydrogen (secondary N) is 2. The highest BCUT2D eigenvalue weighted by Gasteiger charge is 2.14. The SMILES string of the molecule is Cc1ccccc1-c1nc2c(C(=O)NCCN(C)C)cccc2[nH]1.Cl.Cl. The molecule has 1 aromatic heterocycles. The molecular weight excluding hydrogens is 371 g/mol. The minimum atomic E-state index is -0.0923. The van der Waals surface area contributed by atoms with Gasteiger partial charge in [0.15, 0.2) is 0 Å². The van der Waals surface area contributed by atoms with Crippen molar-refractivity contribution < 1.29 is 4.79 Å². The van der Waals surface area contributed by atoms with Gasteiger partial charge >= 0.3 is 0 Å². The van der Waals surface area contributed by atoms with E-state index in [1.54, 1.807) is 0 Å². The van der Waals surface area contributed by atoms with E-state index in [-0.39, 0.29) is 30.7 Å². The molecule has 3 rings (SSSR count). The van der Waals surface area contributed by atoms with Crippen LogP contribution in [-0.4, -0.2) is 48.0 Å². The zero-order valence-electron chi connectivity index (χ0n) is 15.1. The van der Waals surface area contributed by atoms with Crippen molar-refractivity contribution in [1.29, 1.82) is 0 Å². The summed E-state index contributed by atoms with van der Waals surface area (Å²) < 4.78 is 0. The van der Waals surface area contributed by atoms with E-state index in [1.165, 1.54) is 0 Å². The average Bonchev–Trinajstić information content (AvgIpc) is 2.98. The molecule has 1 heterocycles. The number of aromatic amines is 1. The fraction of sp³-hybridized carbons (Fsp3) is 0.263. The Kier molecular flexibility index (Phi) is 8.08. The average molecular weight is 395 g/mol. The van der Waals surface area contributed by atoms with E-state index >= 15 is 0 Å². The van der Waals surface area contributed by atoms with Crippen molar-refractivity contribution in [3.8, 4) is 11.4 Å². The maximum absolute atomic E-state index is 12.5. The lowest BCUT2D eigenvalue weighted by molar-refractivity contribution is 0.0952. The summed E-state index contributed by atoms with van der Waals surface area (Å²) in [5, 5.41) is 2.95. The Balaban J connectivity index is 0.00000169. The minimum absolute atomic E-state index is 0. The van der Waals surface area contributed by atoms with Crippen LogP contribution in [0.25, 0.3) is 22.4 Å². The minimum Gasteiger partial charge on any atom is -0.351 e. The van der Waals surface area contributed by atoms with Crippen molar-refractivity contribution in [2.24, 2.45) is 0 Å². The maximum Gasteiger partial charge on any atom is 0.253 e. The molecule has 0 aliphatic carbocycles. The molecule has 0 aliphatic heterocycles. The van der Waals surface area contributed by atoms with Crippen LogP contribution in [0.2, 0.25) is 0 Å². The summed E-state index contributed by atoms with van der Waals surface area (Å²) >= 11 is 0. The van der Waals surface area contributed by atoms with Crippen LogP contribution >= 0.6 is 24.8 Å². The third-order valence-corrected chi connectivity index (χ3v) is 4.00. The van der Waals surface area contributed by atoms with Gasteiger partial charge in [0.1, 0.15) is 11.3 Å². The van der Waals surface area contributed by atoms with E-state index in [1.807, 2.05) is 55.4 Å². The van der Waals surface area contributed by atoms with E-state index < -0.39 is 0 Å². The van der Waals surface area contributed by atoms with Gasteiger partial charge in [-0.3, -0.25) is 4.79 Å². The van der Waals surface area contributed by atoms with Gasteiger partial charge in [0, 0.05) is 18.7 Å². The standard InChI is InChI=1S/C19H22N4O.2ClH/c1-13-7-4-5-8-14(13)18-21-16-10-6-9-15(17(16)22-18)19(24)20-11-12-23(2)3;;/h4-10H,11-12H2,1-3H3,(H,20,24)(H,21,22);2*1H. The van der Waals surface area contributed by atoms with Crippen molar-refractivity contribution in [2.75, 3.05) is 27.2 Å². The molecule has 0 fully saturated rings. The van der Waals surface area contributed by atoms with E-state index in [2.05, 4.69) is 28.3 Å². The molecule has 0 aliphatic rings.